The Morgan fingerprint density at radius 3 is 2.53 bits per heavy atom. The fraction of sp³-hybridized carbons (Fsp3) is 0.200. The van der Waals surface area contributed by atoms with E-state index >= 15 is 0 Å². The highest BCUT2D eigenvalue weighted by atomic mass is 79.9. The van der Waals surface area contributed by atoms with Gasteiger partial charge in [0.25, 0.3) is 0 Å². The highest BCUT2D eigenvalue weighted by Gasteiger charge is 2.21. The lowest BCUT2D eigenvalue weighted by Crippen LogP contribution is -2.28. The predicted octanol–water partition coefficient (Wildman–Crippen LogP) is 2.50. The second-order valence-electron chi connectivity index (χ2n) is 3.16. The Bertz CT molecular complexity index is 409. The molecule has 1 atom stereocenters. The molecule has 4 nitrogen and oxygen atoms in total. The number of rotatable bonds is 3. The number of nitrogens with one attached hydrogen (secondary N) is 1. The summed E-state index contributed by atoms with van der Waals surface area (Å²) in [7, 11) is 0. The monoisotopic (exact) mass is 270 g/mol. The van der Waals surface area contributed by atoms with Crippen molar-refractivity contribution in [3.05, 3.63) is 46.2 Å². The molecule has 0 aliphatic rings. The Kier molecular flexibility index (Phi) is 2.95. The van der Waals surface area contributed by atoms with Gasteiger partial charge in [0.1, 0.15) is 17.6 Å². The molecular formula is C10H11BrN2O2. The zero-order valence-corrected chi connectivity index (χ0v) is 9.74. The number of hydrogen-bond acceptors (Lipinski definition) is 4. The van der Waals surface area contributed by atoms with Crippen molar-refractivity contribution in [1.29, 1.82) is 0 Å². The predicted molar refractivity (Wildman–Crippen MR) is 59.0 cm³/mol. The van der Waals surface area contributed by atoms with Gasteiger partial charge < -0.3 is 8.83 Å². The van der Waals surface area contributed by atoms with Crippen LogP contribution in [0.5, 0.6) is 0 Å². The molecule has 2 heterocycles. The van der Waals surface area contributed by atoms with Gasteiger partial charge in [-0.15, -0.1) is 0 Å². The van der Waals surface area contributed by atoms with E-state index in [0.29, 0.717) is 0 Å². The molecular weight excluding hydrogens is 260 g/mol. The SMILES string of the molecule is Cc1occc1C(NN)c1occc1Br. The maximum atomic E-state index is 5.52. The van der Waals surface area contributed by atoms with Crippen LogP contribution in [0.25, 0.3) is 0 Å². The largest absolute Gasteiger partial charge is 0.469 e. The lowest BCUT2D eigenvalue weighted by atomic mass is 10.1. The summed E-state index contributed by atoms with van der Waals surface area (Å²) >= 11 is 3.40. The second kappa shape index (κ2) is 4.22. The van der Waals surface area contributed by atoms with Crippen molar-refractivity contribution in [3.8, 4) is 0 Å². The van der Waals surface area contributed by atoms with Crippen LogP contribution in [0.2, 0.25) is 0 Å². The number of hydrazine groups is 1. The van der Waals surface area contributed by atoms with Crippen LogP contribution in [0.3, 0.4) is 0 Å². The molecule has 15 heavy (non-hydrogen) atoms. The van der Waals surface area contributed by atoms with E-state index in [9.17, 15) is 0 Å². The molecule has 2 aromatic heterocycles. The molecule has 5 heteroatoms. The molecule has 0 spiro atoms. The maximum absolute atomic E-state index is 5.52. The smallest absolute Gasteiger partial charge is 0.140 e. The third-order valence-electron chi connectivity index (χ3n) is 2.28. The second-order valence-corrected chi connectivity index (χ2v) is 4.02. The van der Waals surface area contributed by atoms with E-state index in [-0.39, 0.29) is 6.04 Å². The van der Waals surface area contributed by atoms with E-state index in [4.69, 9.17) is 14.7 Å². The van der Waals surface area contributed by atoms with Gasteiger partial charge in [0.15, 0.2) is 0 Å². The quantitative estimate of drug-likeness (QED) is 0.665. The highest BCUT2D eigenvalue weighted by molar-refractivity contribution is 9.10. The molecule has 80 valence electrons. The molecule has 0 aromatic carbocycles. The minimum atomic E-state index is -0.201. The van der Waals surface area contributed by atoms with Gasteiger partial charge in [0, 0.05) is 5.56 Å². The van der Waals surface area contributed by atoms with Gasteiger partial charge in [-0.05, 0) is 35.0 Å². The molecule has 0 saturated heterocycles. The maximum Gasteiger partial charge on any atom is 0.140 e. The van der Waals surface area contributed by atoms with Gasteiger partial charge in [0.2, 0.25) is 0 Å². The minimum Gasteiger partial charge on any atom is -0.469 e. The van der Waals surface area contributed by atoms with Gasteiger partial charge >= 0.3 is 0 Å². The first-order chi connectivity index (χ1) is 7.24. The minimum absolute atomic E-state index is 0.201. The van der Waals surface area contributed by atoms with E-state index in [2.05, 4.69) is 21.4 Å². The van der Waals surface area contributed by atoms with Crippen LogP contribution in [-0.4, -0.2) is 0 Å². The Morgan fingerprint density at radius 1 is 1.33 bits per heavy atom. The zero-order chi connectivity index (χ0) is 10.8. The Hall–Kier alpha value is -1.04. The molecule has 0 aliphatic carbocycles. The molecule has 0 radical (unpaired) electrons. The van der Waals surface area contributed by atoms with Crippen LogP contribution < -0.4 is 11.3 Å². The first-order valence-electron chi connectivity index (χ1n) is 4.47. The van der Waals surface area contributed by atoms with Crippen molar-refractivity contribution in [2.45, 2.75) is 13.0 Å². The lowest BCUT2D eigenvalue weighted by molar-refractivity contribution is 0.442. The van der Waals surface area contributed by atoms with Crippen molar-refractivity contribution in [2.24, 2.45) is 5.84 Å². The van der Waals surface area contributed by atoms with Crippen molar-refractivity contribution < 1.29 is 8.83 Å². The number of halogens is 1. The zero-order valence-electron chi connectivity index (χ0n) is 8.16. The highest BCUT2D eigenvalue weighted by Crippen LogP contribution is 2.30. The molecule has 2 rings (SSSR count). The van der Waals surface area contributed by atoms with Crippen LogP contribution in [0.4, 0.5) is 0 Å². The molecule has 0 bridgehead atoms. The van der Waals surface area contributed by atoms with Crippen LogP contribution >= 0.6 is 15.9 Å². The standard InChI is InChI=1S/C10H11BrN2O2/c1-6-7(2-4-14-6)9(13-12)10-8(11)3-5-15-10/h2-5,9,13H,12H2,1H3. The van der Waals surface area contributed by atoms with Crippen molar-refractivity contribution in [1.82, 2.24) is 5.43 Å². The Balaban J connectivity index is 2.41. The summed E-state index contributed by atoms with van der Waals surface area (Å²) < 4.78 is 11.5. The van der Waals surface area contributed by atoms with E-state index in [1.165, 1.54) is 0 Å². The summed E-state index contributed by atoms with van der Waals surface area (Å²) in [5.41, 5.74) is 3.67. The van der Waals surface area contributed by atoms with E-state index < -0.39 is 0 Å². The molecule has 2 aromatic rings. The summed E-state index contributed by atoms with van der Waals surface area (Å²) in [6.07, 6.45) is 3.24. The fourth-order valence-electron chi connectivity index (χ4n) is 1.51. The summed E-state index contributed by atoms with van der Waals surface area (Å²) in [5, 5.41) is 0. The average molecular weight is 271 g/mol. The lowest BCUT2D eigenvalue weighted by Gasteiger charge is -2.12. The van der Waals surface area contributed by atoms with Gasteiger partial charge in [-0.1, -0.05) is 0 Å². The Labute approximate surface area is 95.5 Å². The van der Waals surface area contributed by atoms with Crippen molar-refractivity contribution >= 4 is 15.9 Å². The van der Waals surface area contributed by atoms with E-state index in [0.717, 1.165) is 21.6 Å². The van der Waals surface area contributed by atoms with Crippen molar-refractivity contribution in [3.63, 3.8) is 0 Å². The first-order valence-corrected chi connectivity index (χ1v) is 5.26. The normalized spacial score (nSPS) is 13.0. The molecule has 0 fully saturated rings. The number of furan rings is 2. The Morgan fingerprint density at radius 2 is 2.07 bits per heavy atom. The van der Waals surface area contributed by atoms with Crippen molar-refractivity contribution in [2.75, 3.05) is 0 Å². The third-order valence-corrected chi connectivity index (χ3v) is 2.94. The molecule has 0 amide bonds. The third kappa shape index (κ3) is 1.86. The van der Waals surface area contributed by atoms with Gasteiger partial charge in [-0.3, -0.25) is 5.84 Å². The number of aryl methyl sites for hydroxylation is 1. The summed E-state index contributed by atoms with van der Waals surface area (Å²) in [6, 6.07) is 3.50. The number of nitrogens with two attached hydrogens (primary N) is 1. The van der Waals surface area contributed by atoms with Crippen LogP contribution in [-0.2, 0) is 0 Å². The molecule has 0 saturated carbocycles. The summed E-state index contributed by atoms with van der Waals surface area (Å²) in [6.45, 7) is 1.89. The van der Waals surface area contributed by atoms with Crippen LogP contribution in [0.1, 0.15) is 23.1 Å². The van der Waals surface area contributed by atoms with E-state index in [1.54, 1.807) is 12.5 Å². The average Bonchev–Trinajstić information content (AvgIpc) is 2.80. The van der Waals surface area contributed by atoms with Crippen LogP contribution in [0.15, 0.2) is 38.0 Å². The van der Waals surface area contributed by atoms with Gasteiger partial charge in [-0.25, -0.2) is 5.43 Å². The molecule has 0 aliphatic heterocycles. The molecule has 1 unspecified atom stereocenters. The first kappa shape index (κ1) is 10.5. The van der Waals surface area contributed by atoms with Gasteiger partial charge in [0.05, 0.1) is 17.0 Å². The fourth-order valence-corrected chi connectivity index (χ4v) is 1.94. The van der Waals surface area contributed by atoms with Gasteiger partial charge in [-0.2, -0.15) is 0 Å². The summed E-state index contributed by atoms with van der Waals surface area (Å²) in [4.78, 5) is 0. The topological polar surface area (TPSA) is 64.3 Å². The van der Waals surface area contributed by atoms with Crippen LogP contribution in [0, 0.1) is 6.92 Å². The summed E-state index contributed by atoms with van der Waals surface area (Å²) in [5.74, 6) is 7.08. The number of hydrogen-bond donors (Lipinski definition) is 2. The van der Waals surface area contributed by atoms with E-state index in [1.807, 2.05) is 19.1 Å². The molecule has 3 N–H and O–H groups in total.